The van der Waals surface area contributed by atoms with Crippen LogP contribution >= 0.6 is 8.38 Å². The Morgan fingerprint density at radius 3 is 2.17 bits per heavy atom. The van der Waals surface area contributed by atoms with Gasteiger partial charge in [-0.15, -0.1) is 0 Å². The van der Waals surface area contributed by atoms with Crippen LogP contribution < -0.4 is 26.2 Å². The largest absolute Gasteiger partial charge is 0.497 e. The molecular formula is C40H44N5O8P. The van der Waals surface area contributed by atoms with E-state index >= 15 is 0 Å². The van der Waals surface area contributed by atoms with Crippen LogP contribution in [0.25, 0.3) is 0 Å². The molecule has 1 aliphatic rings. The lowest BCUT2D eigenvalue weighted by Crippen LogP contribution is -2.38. The van der Waals surface area contributed by atoms with Gasteiger partial charge in [-0.25, -0.2) is 9.78 Å². The molecule has 5 aromatic rings. The van der Waals surface area contributed by atoms with E-state index in [1.807, 2.05) is 92.7 Å². The molecule has 0 aliphatic carbocycles. The summed E-state index contributed by atoms with van der Waals surface area (Å²) in [5, 5.41) is 9.58. The summed E-state index contributed by atoms with van der Waals surface area (Å²) in [6.45, 7) is 5.60. The first-order chi connectivity index (χ1) is 26.2. The first-order valence-electron chi connectivity index (χ1n) is 17.6. The van der Waals surface area contributed by atoms with Crippen LogP contribution in [-0.4, -0.2) is 58.7 Å². The molecule has 13 nitrogen and oxygen atoms in total. The normalized spacial score (nSPS) is 18.3. The fourth-order valence-electron chi connectivity index (χ4n) is 6.43. The molecule has 1 aliphatic heterocycles. The molecule has 2 aromatic heterocycles. The van der Waals surface area contributed by atoms with Crippen molar-refractivity contribution in [1.82, 2.24) is 19.5 Å². The average Bonchev–Trinajstić information content (AvgIpc) is 3.88. The second kappa shape index (κ2) is 17.4. The lowest BCUT2D eigenvalue weighted by Gasteiger charge is -2.37. The van der Waals surface area contributed by atoms with Crippen molar-refractivity contribution >= 4 is 13.8 Å². The molecule has 282 valence electrons. The summed E-state index contributed by atoms with van der Waals surface area (Å²) in [7, 11) is 1.43. The van der Waals surface area contributed by atoms with Gasteiger partial charge in [0.25, 0.3) is 5.56 Å². The predicted octanol–water partition coefficient (Wildman–Crippen LogP) is 5.86. The Balaban J connectivity index is 1.43. The Kier molecular flexibility index (Phi) is 12.4. The van der Waals surface area contributed by atoms with Crippen molar-refractivity contribution in [2.24, 2.45) is 5.92 Å². The van der Waals surface area contributed by atoms with Gasteiger partial charge in [0.15, 0.2) is 0 Å². The minimum absolute atomic E-state index is 0.00313. The van der Waals surface area contributed by atoms with Crippen molar-refractivity contribution in [2.45, 2.75) is 63.8 Å². The van der Waals surface area contributed by atoms with Gasteiger partial charge in [0.05, 0.1) is 58.0 Å². The second-order valence-electron chi connectivity index (χ2n) is 13.2. The number of hydrogen-bond acceptors (Lipinski definition) is 10. The molecule has 3 aromatic carbocycles. The SMILES string of the molecule is COc1ccc(C(OC[C@H]2O[C@@H](n3cc(C)c(=O)[nH]c3=O)C[C@@H]2OP(OC(CC#N)C(C)C)c2cnc[nH]2)(c2ccccc2)c2ccc(OC)cc2)cc1. The van der Waals surface area contributed by atoms with E-state index in [9.17, 15) is 14.9 Å². The van der Waals surface area contributed by atoms with Crippen LogP contribution in [0.5, 0.6) is 11.5 Å². The summed E-state index contributed by atoms with van der Waals surface area (Å²) >= 11 is 0. The third kappa shape index (κ3) is 8.34. The van der Waals surface area contributed by atoms with Gasteiger partial charge in [0, 0.05) is 18.2 Å². The highest BCUT2D eigenvalue weighted by atomic mass is 31.2. The molecule has 3 heterocycles. The quantitative estimate of drug-likeness (QED) is 0.0922. The van der Waals surface area contributed by atoms with Crippen LogP contribution in [0.4, 0.5) is 0 Å². The molecule has 6 rings (SSSR count). The molecule has 0 spiro atoms. The molecule has 2 N–H and O–H groups in total. The lowest BCUT2D eigenvalue weighted by atomic mass is 9.80. The topological polar surface area (TPSA) is 163 Å². The van der Waals surface area contributed by atoms with E-state index in [1.165, 1.54) is 10.8 Å². The molecule has 54 heavy (non-hydrogen) atoms. The van der Waals surface area contributed by atoms with Gasteiger partial charge < -0.3 is 33.0 Å². The fraction of sp³-hybridized carbons (Fsp3) is 0.350. The number of benzene rings is 3. The highest BCUT2D eigenvalue weighted by Crippen LogP contribution is 2.47. The monoisotopic (exact) mass is 753 g/mol. The Morgan fingerprint density at radius 2 is 1.61 bits per heavy atom. The lowest BCUT2D eigenvalue weighted by molar-refractivity contribution is -0.0919. The van der Waals surface area contributed by atoms with Crippen LogP contribution in [0.1, 0.15) is 55.2 Å². The minimum Gasteiger partial charge on any atom is -0.497 e. The summed E-state index contributed by atoms with van der Waals surface area (Å²) in [6.07, 6.45) is 2.43. The summed E-state index contributed by atoms with van der Waals surface area (Å²) in [4.78, 5) is 35.1. The maximum absolute atomic E-state index is 13.1. The van der Waals surface area contributed by atoms with Gasteiger partial charge in [-0.1, -0.05) is 68.4 Å². The zero-order valence-electron chi connectivity index (χ0n) is 30.8. The number of aryl methyl sites for hydroxylation is 1. The van der Waals surface area contributed by atoms with Gasteiger partial charge in [-0.2, -0.15) is 5.26 Å². The van der Waals surface area contributed by atoms with Gasteiger partial charge in [0.1, 0.15) is 34.9 Å². The Labute approximate surface area is 314 Å². The first-order valence-corrected chi connectivity index (χ1v) is 18.8. The fourth-order valence-corrected chi connectivity index (χ4v) is 8.06. The van der Waals surface area contributed by atoms with Crippen molar-refractivity contribution in [3.8, 4) is 17.6 Å². The van der Waals surface area contributed by atoms with Crippen molar-refractivity contribution < 1.29 is 28.0 Å². The average molecular weight is 754 g/mol. The number of rotatable bonds is 16. The summed E-state index contributed by atoms with van der Waals surface area (Å²) in [5.74, 6) is 1.41. The Bertz CT molecular complexity index is 2070. The van der Waals surface area contributed by atoms with Crippen LogP contribution in [0.2, 0.25) is 0 Å². The van der Waals surface area contributed by atoms with Crippen molar-refractivity contribution in [1.29, 1.82) is 5.26 Å². The van der Waals surface area contributed by atoms with E-state index in [0.717, 1.165) is 16.7 Å². The molecule has 0 amide bonds. The number of nitriles is 1. The van der Waals surface area contributed by atoms with Gasteiger partial charge in [-0.3, -0.25) is 14.3 Å². The molecule has 1 saturated heterocycles. The number of nitrogens with zero attached hydrogens (tertiary/aromatic N) is 3. The molecule has 0 saturated carbocycles. The zero-order chi connectivity index (χ0) is 38.2. The molecule has 14 heteroatoms. The Hall–Kier alpha value is -5.09. The number of aromatic nitrogens is 4. The minimum atomic E-state index is -1.81. The molecule has 1 fully saturated rings. The van der Waals surface area contributed by atoms with Crippen LogP contribution in [0, 0.1) is 24.2 Å². The Morgan fingerprint density at radius 1 is 0.981 bits per heavy atom. The van der Waals surface area contributed by atoms with Crippen LogP contribution in [0.15, 0.2) is 107 Å². The van der Waals surface area contributed by atoms with Crippen molar-refractivity contribution in [3.05, 3.63) is 141 Å². The number of aromatic amines is 2. The van der Waals surface area contributed by atoms with E-state index in [0.29, 0.717) is 22.5 Å². The molecule has 2 unspecified atom stereocenters. The summed E-state index contributed by atoms with van der Waals surface area (Å²) in [6, 6.07) is 27.5. The van der Waals surface area contributed by atoms with Crippen LogP contribution in [-0.2, 0) is 24.1 Å². The number of H-pyrrole nitrogens is 2. The maximum atomic E-state index is 13.1. The van der Waals surface area contributed by atoms with Crippen LogP contribution in [0.3, 0.4) is 0 Å². The van der Waals surface area contributed by atoms with E-state index in [2.05, 4.69) is 21.0 Å². The number of imidazole rings is 1. The first kappa shape index (κ1) is 38.6. The molecule has 5 atom stereocenters. The van der Waals surface area contributed by atoms with Gasteiger partial charge >= 0.3 is 5.69 Å². The third-order valence-corrected chi connectivity index (χ3v) is 11.0. The van der Waals surface area contributed by atoms with E-state index in [4.69, 9.17) is 28.0 Å². The van der Waals surface area contributed by atoms with Crippen molar-refractivity contribution in [3.63, 3.8) is 0 Å². The van der Waals surface area contributed by atoms with Gasteiger partial charge in [-0.05, 0) is 53.8 Å². The number of nitrogens with one attached hydrogen (secondary N) is 2. The zero-order valence-corrected chi connectivity index (χ0v) is 31.7. The molecular weight excluding hydrogens is 709 g/mol. The summed E-state index contributed by atoms with van der Waals surface area (Å²) in [5.41, 5.74) is 1.27. The molecule has 0 radical (unpaired) electrons. The highest BCUT2D eigenvalue weighted by Gasteiger charge is 2.44. The number of ether oxygens (including phenoxy) is 4. The van der Waals surface area contributed by atoms with Crippen molar-refractivity contribution in [2.75, 3.05) is 20.8 Å². The predicted molar refractivity (Wildman–Crippen MR) is 203 cm³/mol. The number of methoxy groups -OCH3 is 2. The second-order valence-corrected chi connectivity index (χ2v) is 14.7. The van der Waals surface area contributed by atoms with E-state index in [-0.39, 0.29) is 25.4 Å². The third-order valence-electron chi connectivity index (χ3n) is 9.45. The summed E-state index contributed by atoms with van der Waals surface area (Å²) < 4.78 is 39.6. The number of hydrogen-bond donors (Lipinski definition) is 2. The standard InChI is InChI=1S/C40H44N5O8P/c1-26(2)33(19-20-41)52-54(36-22-42-25-43-36)53-34-21-37(45-23-27(3)38(46)44-39(45)47)51-35(34)24-50-40(28-9-7-6-8-10-28,29-11-15-31(48-4)16-12-29)30-13-17-32(49-5)18-14-30/h6-18,22-23,25-26,33-35,37H,19,21,24H2,1-5H3,(H,42,43)(H,44,46,47)/t33?,34-,35+,37+,54?/m0/s1. The maximum Gasteiger partial charge on any atom is 0.330 e. The molecule has 0 bridgehead atoms. The van der Waals surface area contributed by atoms with E-state index < -0.39 is 49.8 Å². The smallest absolute Gasteiger partial charge is 0.330 e. The van der Waals surface area contributed by atoms with Gasteiger partial charge in [0.2, 0.25) is 8.38 Å². The van der Waals surface area contributed by atoms with E-state index in [1.54, 1.807) is 33.7 Å². The highest BCUT2D eigenvalue weighted by molar-refractivity contribution is 7.55.